The molecular weight excluding hydrogens is 316 g/mol. The van der Waals surface area contributed by atoms with Gasteiger partial charge in [-0.05, 0) is 67.2 Å². The molecule has 0 aliphatic carbocycles. The molecule has 0 spiro atoms. The van der Waals surface area contributed by atoms with Crippen LogP contribution in [0.2, 0.25) is 0 Å². The average molecular weight is 337 g/mol. The zero-order valence-corrected chi connectivity index (χ0v) is 14.1. The van der Waals surface area contributed by atoms with Gasteiger partial charge in [-0.3, -0.25) is 0 Å². The zero-order valence-electron chi connectivity index (χ0n) is 12.5. The van der Waals surface area contributed by atoms with E-state index < -0.39 is 0 Å². The van der Waals surface area contributed by atoms with Crippen molar-refractivity contribution in [2.45, 2.75) is 39.7 Å². The Hall–Kier alpha value is -1.29. The number of halogens is 1. The lowest BCUT2D eigenvalue weighted by Gasteiger charge is -2.10. The Labute approximate surface area is 129 Å². The summed E-state index contributed by atoms with van der Waals surface area (Å²) in [7, 11) is 2.02. The zero-order chi connectivity index (χ0) is 14.7. The van der Waals surface area contributed by atoms with Crippen molar-refractivity contribution in [2.75, 3.05) is 0 Å². The van der Waals surface area contributed by atoms with E-state index in [9.17, 15) is 0 Å². The van der Waals surface area contributed by atoms with Gasteiger partial charge < -0.3 is 9.30 Å². The highest BCUT2D eigenvalue weighted by atomic mass is 79.9. The minimum atomic E-state index is 0.216. The summed E-state index contributed by atoms with van der Waals surface area (Å²) in [6.07, 6.45) is 2.14. The molecule has 0 bridgehead atoms. The smallest absolute Gasteiger partial charge is 0.119 e. The van der Waals surface area contributed by atoms with Crippen molar-refractivity contribution in [1.82, 2.24) is 9.55 Å². The van der Waals surface area contributed by atoms with Gasteiger partial charge in [-0.15, -0.1) is 0 Å². The predicted molar refractivity (Wildman–Crippen MR) is 85.3 cm³/mol. The Balaban J connectivity index is 1.98. The fourth-order valence-corrected chi connectivity index (χ4v) is 2.62. The maximum Gasteiger partial charge on any atom is 0.119 e. The van der Waals surface area contributed by atoms with Crippen LogP contribution in [-0.2, 0) is 19.9 Å². The first-order chi connectivity index (χ1) is 9.47. The molecule has 1 aromatic carbocycles. The summed E-state index contributed by atoms with van der Waals surface area (Å²) in [6.45, 7) is 6.09. The molecule has 4 heteroatoms. The topological polar surface area (TPSA) is 27.1 Å². The van der Waals surface area contributed by atoms with E-state index in [1.165, 1.54) is 5.56 Å². The van der Waals surface area contributed by atoms with Crippen molar-refractivity contribution in [3.8, 4) is 5.75 Å². The molecule has 0 N–H and O–H groups in total. The summed E-state index contributed by atoms with van der Waals surface area (Å²) >= 11 is 3.59. The third kappa shape index (κ3) is 3.63. The highest BCUT2D eigenvalue weighted by molar-refractivity contribution is 9.10. The van der Waals surface area contributed by atoms with Gasteiger partial charge in [0.1, 0.15) is 16.2 Å². The summed E-state index contributed by atoms with van der Waals surface area (Å²) in [5, 5.41) is 0. The number of hydrogen-bond acceptors (Lipinski definition) is 2. The molecule has 2 rings (SSSR count). The number of aryl methyl sites for hydroxylation is 3. The molecule has 1 heterocycles. The molecule has 0 saturated carbocycles. The van der Waals surface area contributed by atoms with E-state index in [-0.39, 0.29) is 6.10 Å². The largest absolute Gasteiger partial charge is 0.491 e. The van der Waals surface area contributed by atoms with Crippen molar-refractivity contribution in [1.29, 1.82) is 0 Å². The van der Waals surface area contributed by atoms with E-state index in [2.05, 4.69) is 37.6 Å². The van der Waals surface area contributed by atoms with Gasteiger partial charge in [-0.2, -0.15) is 0 Å². The molecule has 0 amide bonds. The molecular formula is C16H21BrN2O. The fourth-order valence-electron chi connectivity index (χ4n) is 2.08. The Morgan fingerprint density at radius 1 is 1.20 bits per heavy atom. The Bertz CT molecular complexity index is 573. The number of ether oxygens (including phenoxy) is 1. The lowest BCUT2D eigenvalue weighted by molar-refractivity contribution is 0.242. The second-order valence-electron chi connectivity index (χ2n) is 5.27. The molecule has 0 atom stereocenters. The van der Waals surface area contributed by atoms with Crippen LogP contribution < -0.4 is 4.74 Å². The second-order valence-corrected chi connectivity index (χ2v) is 6.02. The Morgan fingerprint density at radius 2 is 1.85 bits per heavy atom. The van der Waals surface area contributed by atoms with Gasteiger partial charge >= 0.3 is 0 Å². The molecule has 2 aromatic rings. The van der Waals surface area contributed by atoms with Crippen molar-refractivity contribution in [2.24, 2.45) is 7.05 Å². The van der Waals surface area contributed by atoms with Crippen LogP contribution in [0.5, 0.6) is 5.75 Å². The van der Waals surface area contributed by atoms with Crippen molar-refractivity contribution >= 4 is 15.9 Å². The third-order valence-corrected chi connectivity index (χ3v) is 4.25. The highest BCUT2D eigenvalue weighted by Crippen LogP contribution is 2.20. The number of rotatable bonds is 5. The first kappa shape index (κ1) is 15.1. The summed E-state index contributed by atoms with van der Waals surface area (Å²) in [5.74, 6) is 1.96. The molecule has 20 heavy (non-hydrogen) atoms. The van der Waals surface area contributed by atoms with Crippen LogP contribution in [0.25, 0.3) is 0 Å². The predicted octanol–water partition coefficient (Wildman–Crippen LogP) is 4.06. The van der Waals surface area contributed by atoms with E-state index in [4.69, 9.17) is 4.74 Å². The second kappa shape index (κ2) is 6.44. The van der Waals surface area contributed by atoms with Gasteiger partial charge in [0.05, 0.1) is 11.8 Å². The van der Waals surface area contributed by atoms with Crippen LogP contribution in [-0.4, -0.2) is 15.7 Å². The monoisotopic (exact) mass is 336 g/mol. The van der Waals surface area contributed by atoms with E-state index in [1.807, 2.05) is 40.0 Å². The maximum atomic E-state index is 5.65. The van der Waals surface area contributed by atoms with Crippen LogP contribution in [0.1, 0.15) is 30.9 Å². The molecule has 0 unspecified atom stereocenters. The minimum absolute atomic E-state index is 0.216. The summed E-state index contributed by atoms with van der Waals surface area (Å²) < 4.78 is 8.79. The van der Waals surface area contributed by atoms with Crippen LogP contribution in [0.4, 0.5) is 0 Å². The van der Waals surface area contributed by atoms with E-state index in [0.717, 1.165) is 34.7 Å². The van der Waals surface area contributed by atoms with Gasteiger partial charge in [0, 0.05) is 7.05 Å². The maximum absolute atomic E-state index is 5.65. The average Bonchev–Trinajstić information content (AvgIpc) is 2.65. The van der Waals surface area contributed by atoms with Gasteiger partial charge in [-0.25, -0.2) is 4.98 Å². The summed E-state index contributed by atoms with van der Waals surface area (Å²) in [5.41, 5.74) is 2.42. The van der Waals surface area contributed by atoms with Gasteiger partial charge in [0.25, 0.3) is 0 Å². The van der Waals surface area contributed by atoms with E-state index in [0.29, 0.717) is 0 Å². The van der Waals surface area contributed by atoms with Crippen LogP contribution >= 0.6 is 15.9 Å². The standard InChI is InChI=1S/C16H21BrN2O/c1-11(2)20-14-8-5-13(6-9-14)7-10-15-16(17)19(4)12(3)18-15/h5-6,8-9,11H,7,10H2,1-4H3. The quantitative estimate of drug-likeness (QED) is 0.823. The lowest BCUT2D eigenvalue weighted by atomic mass is 10.1. The van der Waals surface area contributed by atoms with Crippen LogP contribution in [0.3, 0.4) is 0 Å². The van der Waals surface area contributed by atoms with Crippen molar-refractivity contribution in [3.63, 3.8) is 0 Å². The summed E-state index contributed by atoms with van der Waals surface area (Å²) in [6, 6.07) is 8.32. The number of nitrogens with zero attached hydrogens (tertiary/aromatic N) is 2. The summed E-state index contributed by atoms with van der Waals surface area (Å²) in [4.78, 5) is 4.57. The van der Waals surface area contributed by atoms with Gasteiger partial charge in [0.2, 0.25) is 0 Å². The molecule has 108 valence electrons. The fraction of sp³-hybridized carbons (Fsp3) is 0.438. The molecule has 0 aliphatic heterocycles. The Morgan fingerprint density at radius 3 is 2.35 bits per heavy atom. The number of hydrogen-bond donors (Lipinski definition) is 0. The van der Waals surface area contributed by atoms with Crippen LogP contribution in [0, 0.1) is 6.92 Å². The van der Waals surface area contributed by atoms with Crippen LogP contribution in [0.15, 0.2) is 28.9 Å². The molecule has 0 saturated heterocycles. The number of benzene rings is 1. The molecule has 0 fully saturated rings. The lowest BCUT2D eigenvalue weighted by Crippen LogP contribution is -2.05. The molecule has 0 aliphatic rings. The molecule has 0 radical (unpaired) electrons. The van der Waals surface area contributed by atoms with Gasteiger partial charge in [0.15, 0.2) is 0 Å². The van der Waals surface area contributed by atoms with E-state index >= 15 is 0 Å². The first-order valence-electron chi connectivity index (χ1n) is 6.90. The van der Waals surface area contributed by atoms with Crippen molar-refractivity contribution in [3.05, 3.63) is 46.0 Å². The molecule has 3 nitrogen and oxygen atoms in total. The minimum Gasteiger partial charge on any atom is -0.491 e. The number of imidazole rings is 1. The third-order valence-electron chi connectivity index (χ3n) is 3.26. The normalized spacial score (nSPS) is 11.1. The van der Waals surface area contributed by atoms with Crippen molar-refractivity contribution < 1.29 is 4.74 Å². The SMILES string of the molecule is Cc1nc(CCc2ccc(OC(C)C)cc2)c(Br)n1C. The number of aromatic nitrogens is 2. The van der Waals surface area contributed by atoms with E-state index in [1.54, 1.807) is 0 Å². The van der Waals surface area contributed by atoms with Gasteiger partial charge in [-0.1, -0.05) is 12.1 Å². The highest BCUT2D eigenvalue weighted by Gasteiger charge is 2.09. The molecule has 1 aromatic heterocycles. The Kier molecular flexibility index (Phi) is 4.86. The first-order valence-corrected chi connectivity index (χ1v) is 7.70.